The molecule has 1 aliphatic heterocycles. The first-order valence-electron chi connectivity index (χ1n) is 7.02. The predicted octanol–water partition coefficient (Wildman–Crippen LogP) is 3.00. The van der Waals surface area contributed by atoms with Crippen LogP contribution in [0.4, 0.5) is 5.82 Å². The van der Waals surface area contributed by atoms with E-state index in [2.05, 4.69) is 48.1 Å². The van der Waals surface area contributed by atoms with Gasteiger partial charge in [0, 0.05) is 29.3 Å². The number of rotatable bonds is 3. The number of benzene rings is 1. The fourth-order valence-corrected chi connectivity index (χ4v) is 2.69. The second kappa shape index (κ2) is 6.72. The predicted molar refractivity (Wildman–Crippen MR) is 89.8 cm³/mol. The van der Waals surface area contributed by atoms with E-state index in [1.54, 1.807) is 0 Å². The molecule has 21 heavy (non-hydrogen) atoms. The standard InChI is InChI=1S/C16H17BrN4/c17-15-6-2-1-5-14(15)13-19-21-11-9-20(10-12-21)16-7-3-4-8-18-16/h1-8,13H,9-12H2/b19-13-. The molecule has 4 nitrogen and oxygen atoms in total. The van der Waals surface area contributed by atoms with Gasteiger partial charge in [-0.05, 0) is 18.2 Å². The van der Waals surface area contributed by atoms with E-state index in [9.17, 15) is 0 Å². The summed E-state index contributed by atoms with van der Waals surface area (Å²) < 4.78 is 1.07. The quantitative estimate of drug-likeness (QED) is 0.802. The topological polar surface area (TPSA) is 31.7 Å². The molecule has 0 radical (unpaired) electrons. The van der Waals surface area contributed by atoms with Crippen LogP contribution in [0.25, 0.3) is 0 Å². The summed E-state index contributed by atoms with van der Waals surface area (Å²) in [6, 6.07) is 14.1. The summed E-state index contributed by atoms with van der Waals surface area (Å²) in [5, 5.41) is 6.68. The highest BCUT2D eigenvalue weighted by Crippen LogP contribution is 2.15. The van der Waals surface area contributed by atoms with Gasteiger partial charge < -0.3 is 4.90 Å². The summed E-state index contributed by atoms with van der Waals surface area (Å²) in [6.45, 7) is 3.73. The van der Waals surface area contributed by atoms with E-state index in [-0.39, 0.29) is 0 Å². The highest BCUT2D eigenvalue weighted by molar-refractivity contribution is 9.10. The van der Waals surface area contributed by atoms with Crippen molar-refractivity contribution in [2.24, 2.45) is 5.10 Å². The van der Waals surface area contributed by atoms with Crippen LogP contribution in [0.1, 0.15) is 5.56 Å². The van der Waals surface area contributed by atoms with Gasteiger partial charge in [0.2, 0.25) is 0 Å². The second-order valence-electron chi connectivity index (χ2n) is 4.89. The molecular weight excluding hydrogens is 328 g/mol. The lowest BCUT2D eigenvalue weighted by molar-refractivity contribution is 0.271. The molecule has 0 saturated carbocycles. The largest absolute Gasteiger partial charge is 0.353 e. The summed E-state index contributed by atoms with van der Waals surface area (Å²) in [6.07, 6.45) is 3.76. The van der Waals surface area contributed by atoms with Gasteiger partial charge in [0.25, 0.3) is 0 Å². The zero-order valence-corrected chi connectivity index (χ0v) is 13.3. The molecule has 0 N–H and O–H groups in total. The molecule has 0 amide bonds. The molecule has 0 bridgehead atoms. The third-order valence-electron chi connectivity index (χ3n) is 3.49. The van der Waals surface area contributed by atoms with E-state index in [1.165, 1.54) is 0 Å². The lowest BCUT2D eigenvalue weighted by Crippen LogP contribution is -2.44. The number of hydrazone groups is 1. The molecule has 1 aromatic heterocycles. The maximum Gasteiger partial charge on any atom is 0.128 e. The van der Waals surface area contributed by atoms with E-state index in [1.807, 2.05) is 42.7 Å². The molecule has 1 aliphatic rings. The number of piperazine rings is 1. The fraction of sp³-hybridized carbons (Fsp3) is 0.250. The van der Waals surface area contributed by atoms with Crippen molar-refractivity contribution in [2.45, 2.75) is 0 Å². The first-order valence-corrected chi connectivity index (χ1v) is 7.82. The average Bonchev–Trinajstić information content (AvgIpc) is 2.55. The van der Waals surface area contributed by atoms with Gasteiger partial charge in [0.1, 0.15) is 5.82 Å². The SMILES string of the molecule is Brc1ccccc1/C=N\N1CCN(c2ccccn2)CC1. The van der Waals surface area contributed by atoms with Crippen molar-refractivity contribution in [3.05, 3.63) is 58.7 Å². The van der Waals surface area contributed by atoms with E-state index in [0.29, 0.717) is 0 Å². The van der Waals surface area contributed by atoms with E-state index in [0.717, 1.165) is 42.0 Å². The molecule has 0 unspecified atom stereocenters. The monoisotopic (exact) mass is 344 g/mol. The third kappa shape index (κ3) is 3.61. The van der Waals surface area contributed by atoms with Crippen LogP contribution in [-0.4, -0.2) is 42.4 Å². The van der Waals surface area contributed by atoms with Crippen LogP contribution >= 0.6 is 15.9 Å². The van der Waals surface area contributed by atoms with Crippen LogP contribution in [0.5, 0.6) is 0 Å². The summed E-state index contributed by atoms with van der Waals surface area (Å²) in [5.74, 6) is 1.05. The molecular formula is C16H17BrN4. The minimum absolute atomic E-state index is 0.914. The Morgan fingerprint density at radius 3 is 2.48 bits per heavy atom. The number of nitrogens with zero attached hydrogens (tertiary/aromatic N) is 4. The van der Waals surface area contributed by atoms with Crippen LogP contribution in [0, 0.1) is 0 Å². The number of hydrogen-bond acceptors (Lipinski definition) is 4. The number of aromatic nitrogens is 1. The van der Waals surface area contributed by atoms with Crippen molar-refractivity contribution in [2.75, 3.05) is 31.1 Å². The molecule has 1 fully saturated rings. The second-order valence-corrected chi connectivity index (χ2v) is 5.75. The average molecular weight is 345 g/mol. The van der Waals surface area contributed by atoms with E-state index >= 15 is 0 Å². The molecule has 1 aromatic carbocycles. The molecule has 0 atom stereocenters. The Morgan fingerprint density at radius 2 is 1.76 bits per heavy atom. The summed E-state index contributed by atoms with van der Waals surface area (Å²) in [7, 11) is 0. The van der Waals surface area contributed by atoms with E-state index in [4.69, 9.17) is 0 Å². The molecule has 5 heteroatoms. The first kappa shape index (κ1) is 14.1. The minimum atomic E-state index is 0.914. The number of anilines is 1. The zero-order valence-electron chi connectivity index (χ0n) is 11.7. The van der Waals surface area contributed by atoms with Crippen molar-refractivity contribution in [1.29, 1.82) is 0 Å². The van der Waals surface area contributed by atoms with Crippen molar-refractivity contribution < 1.29 is 0 Å². The fourth-order valence-electron chi connectivity index (χ4n) is 2.30. The van der Waals surface area contributed by atoms with Crippen LogP contribution in [0.15, 0.2) is 58.2 Å². The van der Waals surface area contributed by atoms with Crippen molar-refractivity contribution in [1.82, 2.24) is 9.99 Å². The minimum Gasteiger partial charge on any atom is -0.353 e. The molecule has 0 spiro atoms. The van der Waals surface area contributed by atoms with Crippen LogP contribution < -0.4 is 4.90 Å². The van der Waals surface area contributed by atoms with Crippen LogP contribution in [0.3, 0.4) is 0 Å². The van der Waals surface area contributed by atoms with Gasteiger partial charge in [0.05, 0.1) is 19.3 Å². The van der Waals surface area contributed by atoms with Crippen molar-refractivity contribution >= 4 is 28.0 Å². The Morgan fingerprint density at radius 1 is 1.00 bits per heavy atom. The van der Waals surface area contributed by atoms with Gasteiger partial charge in [-0.1, -0.05) is 40.2 Å². The van der Waals surface area contributed by atoms with E-state index < -0.39 is 0 Å². The highest BCUT2D eigenvalue weighted by Gasteiger charge is 2.16. The molecule has 108 valence electrons. The van der Waals surface area contributed by atoms with Gasteiger partial charge in [0.15, 0.2) is 0 Å². The Balaban J connectivity index is 1.58. The molecule has 0 aliphatic carbocycles. The van der Waals surface area contributed by atoms with Crippen molar-refractivity contribution in [3.63, 3.8) is 0 Å². The van der Waals surface area contributed by atoms with Crippen LogP contribution in [-0.2, 0) is 0 Å². The highest BCUT2D eigenvalue weighted by atomic mass is 79.9. The smallest absolute Gasteiger partial charge is 0.128 e. The van der Waals surface area contributed by atoms with Gasteiger partial charge in [-0.25, -0.2) is 4.98 Å². The lowest BCUT2D eigenvalue weighted by Gasteiger charge is -2.33. The Bertz CT molecular complexity index is 607. The number of pyridine rings is 1. The lowest BCUT2D eigenvalue weighted by atomic mass is 10.2. The molecule has 2 aromatic rings. The Kier molecular flexibility index (Phi) is 4.50. The Labute approximate surface area is 133 Å². The van der Waals surface area contributed by atoms with Crippen LogP contribution in [0.2, 0.25) is 0 Å². The maximum absolute atomic E-state index is 4.57. The first-order chi connectivity index (χ1) is 10.3. The normalized spacial score (nSPS) is 15.7. The van der Waals surface area contributed by atoms with Gasteiger partial charge in [-0.2, -0.15) is 5.10 Å². The third-order valence-corrected chi connectivity index (χ3v) is 4.22. The summed E-state index contributed by atoms with van der Waals surface area (Å²) in [5.41, 5.74) is 1.10. The number of halogens is 1. The summed E-state index contributed by atoms with van der Waals surface area (Å²) >= 11 is 3.54. The van der Waals surface area contributed by atoms with Gasteiger partial charge >= 0.3 is 0 Å². The van der Waals surface area contributed by atoms with Crippen molar-refractivity contribution in [3.8, 4) is 0 Å². The van der Waals surface area contributed by atoms with Gasteiger partial charge in [-0.3, -0.25) is 5.01 Å². The zero-order chi connectivity index (χ0) is 14.5. The summed E-state index contributed by atoms with van der Waals surface area (Å²) in [4.78, 5) is 6.69. The molecule has 1 saturated heterocycles. The molecule has 3 rings (SSSR count). The molecule has 2 heterocycles. The Hall–Kier alpha value is -1.88. The maximum atomic E-state index is 4.57. The van der Waals surface area contributed by atoms with Gasteiger partial charge in [-0.15, -0.1) is 0 Å². The number of hydrogen-bond donors (Lipinski definition) is 0.